The van der Waals surface area contributed by atoms with Gasteiger partial charge in [0.05, 0.1) is 12.6 Å². The standard InChI is InChI=1S/C11H20N4O5/c1-5(12)9(17)15-6(2)10(18)13-4-8(16)14-7(3)11(19)20/h5-7H,4,12H2,1-3H3,(H,13,18)(H,14,16)(H,15,17)(H,19,20). The Morgan fingerprint density at radius 3 is 2.00 bits per heavy atom. The lowest BCUT2D eigenvalue weighted by Crippen LogP contribution is -2.51. The van der Waals surface area contributed by atoms with Crippen LogP contribution >= 0.6 is 0 Å². The van der Waals surface area contributed by atoms with Gasteiger partial charge in [-0.25, -0.2) is 0 Å². The molecule has 0 spiro atoms. The number of rotatable bonds is 7. The summed E-state index contributed by atoms with van der Waals surface area (Å²) in [5, 5.41) is 15.4. The van der Waals surface area contributed by atoms with Crippen LogP contribution in [0.4, 0.5) is 0 Å². The van der Waals surface area contributed by atoms with Gasteiger partial charge >= 0.3 is 5.97 Å². The fraction of sp³-hybridized carbons (Fsp3) is 0.636. The first-order chi connectivity index (χ1) is 9.15. The number of nitrogens with one attached hydrogen (secondary N) is 3. The van der Waals surface area contributed by atoms with Crippen LogP contribution < -0.4 is 21.7 Å². The summed E-state index contributed by atoms with van der Waals surface area (Å²) in [7, 11) is 0. The van der Waals surface area contributed by atoms with Crippen molar-refractivity contribution < 1.29 is 24.3 Å². The minimum Gasteiger partial charge on any atom is -0.480 e. The van der Waals surface area contributed by atoms with E-state index in [0.29, 0.717) is 0 Å². The van der Waals surface area contributed by atoms with Gasteiger partial charge in [0, 0.05) is 0 Å². The van der Waals surface area contributed by atoms with Crippen LogP contribution in [0.25, 0.3) is 0 Å². The molecule has 3 atom stereocenters. The fourth-order valence-electron chi connectivity index (χ4n) is 1.09. The summed E-state index contributed by atoms with van der Waals surface area (Å²) in [4.78, 5) is 44.6. The molecule has 114 valence electrons. The van der Waals surface area contributed by atoms with Gasteiger partial charge < -0.3 is 26.8 Å². The first-order valence-corrected chi connectivity index (χ1v) is 6.01. The number of carboxylic acid groups (broad SMARTS) is 1. The Morgan fingerprint density at radius 1 is 1.00 bits per heavy atom. The largest absolute Gasteiger partial charge is 0.480 e. The number of carbonyl (C=O) groups excluding carboxylic acids is 3. The number of nitrogens with two attached hydrogens (primary N) is 1. The average Bonchev–Trinajstić information content (AvgIpc) is 2.35. The van der Waals surface area contributed by atoms with Crippen molar-refractivity contribution >= 4 is 23.7 Å². The molecule has 0 saturated carbocycles. The van der Waals surface area contributed by atoms with Crippen LogP contribution in [0.3, 0.4) is 0 Å². The van der Waals surface area contributed by atoms with Crippen molar-refractivity contribution in [2.75, 3.05) is 6.54 Å². The second kappa shape index (κ2) is 8.10. The zero-order valence-electron chi connectivity index (χ0n) is 11.6. The van der Waals surface area contributed by atoms with Crippen LogP contribution in [0.5, 0.6) is 0 Å². The summed E-state index contributed by atoms with van der Waals surface area (Å²) in [5.74, 6) is -2.88. The van der Waals surface area contributed by atoms with E-state index in [1.165, 1.54) is 20.8 Å². The summed E-state index contributed by atoms with van der Waals surface area (Å²) >= 11 is 0. The van der Waals surface area contributed by atoms with Gasteiger partial charge in [-0.1, -0.05) is 0 Å². The molecule has 0 aromatic rings. The Labute approximate surface area is 116 Å². The van der Waals surface area contributed by atoms with Crippen LogP contribution in [0, 0.1) is 0 Å². The Morgan fingerprint density at radius 2 is 1.55 bits per heavy atom. The zero-order chi connectivity index (χ0) is 15.9. The normalized spacial score (nSPS) is 14.6. The molecule has 3 amide bonds. The van der Waals surface area contributed by atoms with E-state index in [0.717, 1.165) is 0 Å². The highest BCUT2D eigenvalue weighted by Gasteiger charge is 2.19. The van der Waals surface area contributed by atoms with Crippen molar-refractivity contribution in [3.63, 3.8) is 0 Å². The van der Waals surface area contributed by atoms with E-state index in [2.05, 4.69) is 16.0 Å². The molecule has 0 aliphatic heterocycles. The molecular formula is C11H20N4O5. The van der Waals surface area contributed by atoms with Crippen LogP contribution in [-0.2, 0) is 19.2 Å². The van der Waals surface area contributed by atoms with Gasteiger partial charge in [-0.2, -0.15) is 0 Å². The molecular weight excluding hydrogens is 268 g/mol. The summed E-state index contributed by atoms with van der Waals surface area (Å²) in [6.45, 7) is 3.83. The average molecular weight is 288 g/mol. The molecule has 0 aliphatic carbocycles. The van der Waals surface area contributed by atoms with Crippen LogP contribution in [0.2, 0.25) is 0 Å². The molecule has 0 fully saturated rings. The number of amides is 3. The predicted octanol–water partition coefficient (Wildman–Crippen LogP) is -2.46. The van der Waals surface area contributed by atoms with Crippen LogP contribution in [0.15, 0.2) is 0 Å². The van der Waals surface area contributed by atoms with Gasteiger partial charge in [-0.15, -0.1) is 0 Å². The Hall–Kier alpha value is -2.16. The molecule has 20 heavy (non-hydrogen) atoms. The molecule has 0 aromatic heterocycles. The molecule has 0 heterocycles. The third-order valence-electron chi connectivity index (χ3n) is 2.34. The number of aliphatic carboxylic acids is 1. The summed E-state index contributed by atoms with van der Waals surface area (Å²) in [5.41, 5.74) is 5.33. The second-order valence-corrected chi connectivity index (χ2v) is 4.36. The van der Waals surface area contributed by atoms with Crippen molar-refractivity contribution in [3.05, 3.63) is 0 Å². The lowest BCUT2D eigenvalue weighted by atomic mass is 10.2. The molecule has 0 aliphatic rings. The minimum absolute atomic E-state index is 0.380. The molecule has 0 radical (unpaired) electrons. The molecule has 9 heteroatoms. The SMILES string of the molecule is CC(N)C(=O)NC(C)C(=O)NCC(=O)NC(C)C(=O)O. The Bertz CT molecular complexity index is 396. The Kier molecular flexibility index (Phi) is 7.22. The minimum atomic E-state index is -1.18. The smallest absolute Gasteiger partial charge is 0.325 e. The third kappa shape index (κ3) is 6.69. The van der Waals surface area contributed by atoms with Gasteiger partial charge in [0.2, 0.25) is 17.7 Å². The van der Waals surface area contributed by atoms with E-state index >= 15 is 0 Å². The highest BCUT2D eigenvalue weighted by Crippen LogP contribution is 1.85. The third-order valence-corrected chi connectivity index (χ3v) is 2.34. The van der Waals surface area contributed by atoms with Crippen LogP contribution in [0.1, 0.15) is 20.8 Å². The van der Waals surface area contributed by atoms with E-state index in [4.69, 9.17) is 10.8 Å². The van der Waals surface area contributed by atoms with E-state index in [-0.39, 0.29) is 6.54 Å². The van der Waals surface area contributed by atoms with Crippen molar-refractivity contribution in [2.24, 2.45) is 5.73 Å². The second-order valence-electron chi connectivity index (χ2n) is 4.36. The number of carboxylic acids is 1. The van der Waals surface area contributed by atoms with Gasteiger partial charge in [-0.3, -0.25) is 19.2 Å². The number of hydrogen-bond acceptors (Lipinski definition) is 5. The van der Waals surface area contributed by atoms with Gasteiger partial charge in [0.15, 0.2) is 0 Å². The highest BCUT2D eigenvalue weighted by molar-refractivity contribution is 5.92. The lowest BCUT2D eigenvalue weighted by Gasteiger charge is -2.15. The van der Waals surface area contributed by atoms with E-state index in [1.807, 2.05) is 0 Å². The van der Waals surface area contributed by atoms with E-state index in [1.54, 1.807) is 0 Å². The molecule has 0 saturated heterocycles. The van der Waals surface area contributed by atoms with Crippen molar-refractivity contribution in [3.8, 4) is 0 Å². The summed E-state index contributed by atoms with van der Waals surface area (Å²) in [6.07, 6.45) is 0. The lowest BCUT2D eigenvalue weighted by molar-refractivity contribution is -0.141. The van der Waals surface area contributed by atoms with E-state index < -0.39 is 41.8 Å². The fourth-order valence-corrected chi connectivity index (χ4v) is 1.09. The molecule has 0 aromatic carbocycles. The molecule has 9 nitrogen and oxygen atoms in total. The topological polar surface area (TPSA) is 151 Å². The quantitative estimate of drug-likeness (QED) is 0.350. The molecule has 0 rings (SSSR count). The van der Waals surface area contributed by atoms with Gasteiger partial charge in [0.1, 0.15) is 12.1 Å². The van der Waals surface area contributed by atoms with Crippen molar-refractivity contribution in [1.29, 1.82) is 0 Å². The van der Waals surface area contributed by atoms with E-state index in [9.17, 15) is 19.2 Å². The zero-order valence-corrected chi connectivity index (χ0v) is 11.6. The number of hydrogen-bond donors (Lipinski definition) is 5. The first kappa shape index (κ1) is 17.8. The maximum Gasteiger partial charge on any atom is 0.325 e. The molecule has 3 unspecified atom stereocenters. The monoisotopic (exact) mass is 288 g/mol. The highest BCUT2D eigenvalue weighted by atomic mass is 16.4. The summed E-state index contributed by atoms with van der Waals surface area (Å²) in [6, 6.07) is -2.64. The Balaban J connectivity index is 4.12. The van der Waals surface area contributed by atoms with Crippen molar-refractivity contribution in [2.45, 2.75) is 38.9 Å². The summed E-state index contributed by atoms with van der Waals surface area (Å²) < 4.78 is 0. The first-order valence-electron chi connectivity index (χ1n) is 6.01. The molecule has 6 N–H and O–H groups in total. The molecule has 0 bridgehead atoms. The number of carbonyl (C=O) groups is 4. The van der Waals surface area contributed by atoms with Gasteiger partial charge in [-0.05, 0) is 20.8 Å². The van der Waals surface area contributed by atoms with Crippen molar-refractivity contribution in [1.82, 2.24) is 16.0 Å². The predicted molar refractivity (Wildman–Crippen MR) is 69.5 cm³/mol. The van der Waals surface area contributed by atoms with Gasteiger partial charge in [0.25, 0.3) is 0 Å². The maximum absolute atomic E-state index is 11.6. The van der Waals surface area contributed by atoms with Crippen LogP contribution in [-0.4, -0.2) is 53.5 Å². The maximum atomic E-state index is 11.6.